The van der Waals surface area contributed by atoms with Gasteiger partial charge in [0.05, 0.1) is 5.57 Å². The van der Waals surface area contributed by atoms with Gasteiger partial charge in [0.25, 0.3) is 0 Å². The first kappa shape index (κ1) is 12.6. The molecule has 0 spiro atoms. The van der Waals surface area contributed by atoms with Gasteiger partial charge in [0.15, 0.2) is 0 Å². The molecule has 0 saturated carbocycles. The van der Waals surface area contributed by atoms with Crippen LogP contribution in [0.1, 0.15) is 27.7 Å². The van der Waals surface area contributed by atoms with Gasteiger partial charge in [-0.1, -0.05) is 40.2 Å². The smallest absolute Gasteiger partial charge is 0.0508 e. The average Bonchev–Trinajstić information content (AvgIpc) is 2.20. The summed E-state index contributed by atoms with van der Waals surface area (Å²) in [6.45, 7) is 12.8. The molecule has 0 aromatic heterocycles. The maximum Gasteiger partial charge on any atom is 0.0508 e. The molecule has 1 nitrogen and oxygen atoms in total. The van der Waals surface area contributed by atoms with Crippen LogP contribution >= 0.6 is 0 Å². The Morgan fingerprint density at radius 3 is 2.19 bits per heavy atom. The molecular weight excluding hydrogens is 194 g/mol. The van der Waals surface area contributed by atoms with Crippen LogP contribution in [0, 0.1) is 24.2 Å². The molecule has 0 radical (unpaired) electrons. The van der Waals surface area contributed by atoms with Crippen LogP contribution in [-0.4, -0.2) is 11.9 Å². The lowest BCUT2D eigenvalue weighted by atomic mass is 9.89. The maximum atomic E-state index is 5.58. The van der Waals surface area contributed by atoms with E-state index in [9.17, 15) is 0 Å². The second-order valence-electron chi connectivity index (χ2n) is 4.86. The van der Waals surface area contributed by atoms with Crippen molar-refractivity contribution in [3.05, 3.63) is 35.2 Å². The average molecular weight is 215 g/mol. The predicted octanol–water partition coefficient (Wildman–Crippen LogP) is 3.57. The third-order valence-electron chi connectivity index (χ3n) is 3.03. The Bertz CT molecular complexity index is 400. The van der Waals surface area contributed by atoms with Crippen molar-refractivity contribution >= 4 is 0 Å². The Morgan fingerprint density at radius 2 is 1.81 bits per heavy atom. The number of rotatable bonds is 2. The van der Waals surface area contributed by atoms with Crippen LogP contribution < -0.4 is 0 Å². The van der Waals surface area contributed by atoms with Crippen LogP contribution in [0.5, 0.6) is 0 Å². The lowest BCUT2D eigenvalue weighted by Crippen LogP contribution is -2.25. The molecule has 0 unspecified atom stereocenters. The van der Waals surface area contributed by atoms with E-state index in [1.54, 1.807) is 0 Å². The number of allylic oxidation sites excluding steroid dienone is 4. The molecule has 1 aliphatic heterocycles. The summed E-state index contributed by atoms with van der Waals surface area (Å²) in [6, 6.07) is 0. The first-order valence-corrected chi connectivity index (χ1v) is 5.75. The highest BCUT2D eigenvalue weighted by Crippen LogP contribution is 2.33. The molecule has 0 aromatic carbocycles. The highest BCUT2D eigenvalue weighted by atomic mass is 15.1. The number of nitrogens with zero attached hydrogens (tertiary/aromatic N) is 1. The van der Waals surface area contributed by atoms with Gasteiger partial charge in [-0.2, -0.15) is 0 Å². The lowest BCUT2D eigenvalue weighted by molar-refractivity contribution is 0.453. The van der Waals surface area contributed by atoms with Gasteiger partial charge in [0.1, 0.15) is 0 Å². The number of hydrogen-bond acceptors (Lipinski definition) is 1. The zero-order valence-corrected chi connectivity index (χ0v) is 11.0. The summed E-state index contributed by atoms with van der Waals surface area (Å²) in [6.07, 6.45) is 7.80. The van der Waals surface area contributed by atoms with E-state index in [0.717, 1.165) is 11.3 Å². The van der Waals surface area contributed by atoms with Gasteiger partial charge in [0.2, 0.25) is 0 Å². The van der Waals surface area contributed by atoms with Crippen molar-refractivity contribution in [2.75, 3.05) is 7.05 Å². The van der Waals surface area contributed by atoms with Crippen LogP contribution in [0.25, 0.3) is 0 Å². The molecule has 0 N–H and O–H groups in total. The summed E-state index contributed by atoms with van der Waals surface area (Å²) in [5.74, 6) is 3.69. The van der Waals surface area contributed by atoms with Crippen LogP contribution in [0.4, 0.5) is 0 Å². The number of likely N-dealkylation sites (N-methyl/N-ethyl adjacent to an activating group) is 1. The SMILES string of the molecule is C#CC1=C(C(C)C)C=C(C(C)C)N(C)C1=C. The Kier molecular flexibility index (Phi) is 3.65. The largest absolute Gasteiger partial charge is 0.347 e. The van der Waals surface area contributed by atoms with Crippen LogP contribution in [0.2, 0.25) is 0 Å². The molecular formula is C15H21N. The van der Waals surface area contributed by atoms with Crippen molar-refractivity contribution in [2.24, 2.45) is 11.8 Å². The molecule has 0 aromatic rings. The topological polar surface area (TPSA) is 3.24 Å². The fourth-order valence-corrected chi connectivity index (χ4v) is 1.99. The Balaban J connectivity index is 3.35. The zero-order valence-electron chi connectivity index (χ0n) is 11.0. The van der Waals surface area contributed by atoms with Gasteiger partial charge in [-0.3, -0.25) is 0 Å². The molecule has 1 rings (SSSR count). The second-order valence-corrected chi connectivity index (χ2v) is 4.86. The molecule has 1 heteroatoms. The summed E-state index contributed by atoms with van der Waals surface area (Å²) in [5, 5.41) is 0. The first-order valence-electron chi connectivity index (χ1n) is 5.75. The molecule has 0 aliphatic carbocycles. The zero-order chi connectivity index (χ0) is 12.5. The Hall–Kier alpha value is -1.42. The Labute approximate surface area is 99.5 Å². The van der Waals surface area contributed by atoms with Gasteiger partial charge >= 0.3 is 0 Å². The van der Waals surface area contributed by atoms with E-state index in [1.807, 2.05) is 7.05 Å². The van der Waals surface area contributed by atoms with Crippen LogP contribution in [0.15, 0.2) is 35.2 Å². The first-order chi connectivity index (χ1) is 7.40. The monoisotopic (exact) mass is 215 g/mol. The molecule has 86 valence electrons. The van der Waals surface area contributed by atoms with E-state index in [0.29, 0.717) is 11.8 Å². The molecule has 0 bridgehead atoms. The Morgan fingerprint density at radius 1 is 1.25 bits per heavy atom. The van der Waals surface area contributed by atoms with E-state index >= 15 is 0 Å². The van der Waals surface area contributed by atoms with E-state index in [2.05, 4.69) is 51.2 Å². The number of terminal acetylenes is 1. The van der Waals surface area contributed by atoms with Gasteiger partial charge in [-0.05, 0) is 23.5 Å². The third kappa shape index (κ3) is 2.07. The molecule has 1 aliphatic rings. The maximum absolute atomic E-state index is 5.58. The standard InChI is InChI=1S/C15H21N/c1-8-13-12(6)16(7)15(11(4)5)9-14(13)10(2)3/h1,9-11H,6H2,2-5,7H3. The quantitative estimate of drug-likeness (QED) is 0.636. The van der Waals surface area contributed by atoms with E-state index < -0.39 is 0 Å². The van der Waals surface area contributed by atoms with Gasteiger partial charge in [-0.15, -0.1) is 6.42 Å². The minimum atomic E-state index is 0.435. The molecule has 0 amide bonds. The molecule has 0 saturated heterocycles. The summed E-state index contributed by atoms with van der Waals surface area (Å²) in [4.78, 5) is 2.10. The lowest BCUT2D eigenvalue weighted by Gasteiger charge is -2.33. The fraction of sp³-hybridized carbons (Fsp3) is 0.467. The van der Waals surface area contributed by atoms with Crippen molar-refractivity contribution in [3.63, 3.8) is 0 Å². The van der Waals surface area contributed by atoms with Crippen LogP contribution in [0.3, 0.4) is 0 Å². The molecule has 0 fully saturated rings. The van der Waals surface area contributed by atoms with Crippen molar-refractivity contribution in [3.8, 4) is 12.3 Å². The summed E-state index contributed by atoms with van der Waals surface area (Å²) in [7, 11) is 2.03. The van der Waals surface area contributed by atoms with E-state index in [4.69, 9.17) is 6.42 Å². The van der Waals surface area contributed by atoms with Crippen molar-refractivity contribution in [1.82, 2.24) is 4.90 Å². The predicted molar refractivity (Wildman–Crippen MR) is 70.5 cm³/mol. The van der Waals surface area contributed by atoms with Crippen molar-refractivity contribution in [1.29, 1.82) is 0 Å². The minimum absolute atomic E-state index is 0.435. The summed E-state index contributed by atoms with van der Waals surface area (Å²) < 4.78 is 0. The highest BCUT2D eigenvalue weighted by molar-refractivity contribution is 5.54. The second kappa shape index (κ2) is 4.61. The van der Waals surface area contributed by atoms with Crippen molar-refractivity contribution < 1.29 is 0 Å². The van der Waals surface area contributed by atoms with Gasteiger partial charge < -0.3 is 4.90 Å². The summed E-state index contributed by atoms with van der Waals surface area (Å²) in [5.41, 5.74) is 4.40. The fourth-order valence-electron chi connectivity index (χ4n) is 1.99. The van der Waals surface area contributed by atoms with Gasteiger partial charge in [-0.25, -0.2) is 0 Å². The molecule has 0 atom stereocenters. The molecule has 16 heavy (non-hydrogen) atoms. The van der Waals surface area contributed by atoms with Crippen LogP contribution in [-0.2, 0) is 0 Å². The van der Waals surface area contributed by atoms with Gasteiger partial charge in [0, 0.05) is 18.4 Å². The molecule has 1 heterocycles. The summed E-state index contributed by atoms with van der Waals surface area (Å²) >= 11 is 0. The van der Waals surface area contributed by atoms with E-state index in [-0.39, 0.29) is 0 Å². The minimum Gasteiger partial charge on any atom is -0.347 e. The normalized spacial score (nSPS) is 17.0. The highest BCUT2D eigenvalue weighted by Gasteiger charge is 2.23. The van der Waals surface area contributed by atoms with E-state index in [1.165, 1.54) is 11.3 Å². The number of hydrogen-bond donors (Lipinski definition) is 0. The third-order valence-corrected chi connectivity index (χ3v) is 3.03. The van der Waals surface area contributed by atoms with Crippen molar-refractivity contribution in [2.45, 2.75) is 27.7 Å².